The molecule has 1 N–H and O–H groups in total. The number of hydrogen-bond acceptors (Lipinski definition) is 5. The van der Waals surface area contributed by atoms with Crippen molar-refractivity contribution < 1.29 is 14.3 Å². The van der Waals surface area contributed by atoms with Crippen LogP contribution in [0.1, 0.15) is 47.4 Å². The molecule has 1 aliphatic heterocycles. The van der Waals surface area contributed by atoms with Crippen molar-refractivity contribution in [3.05, 3.63) is 77.9 Å². The number of likely N-dealkylation sites (N-methyl/N-ethyl adjacent to an activating group) is 1. The molecule has 39 heavy (non-hydrogen) atoms. The third kappa shape index (κ3) is 6.98. The van der Waals surface area contributed by atoms with Gasteiger partial charge < -0.3 is 24.8 Å². The van der Waals surface area contributed by atoms with E-state index in [1.54, 1.807) is 7.11 Å². The van der Waals surface area contributed by atoms with Gasteiger partial charge in [0, 0.05) is 56.1 Å². The summed E-state index contributed by atoms with van der Waals surface area (Å²) in [6, 6.07) is 21.0. The topological polar surface area (TPSA) is 65.1 Å². The average molecular weight is 529 g/mol. The standard InChI is InChI=1S/C32H40N4O3/c1-5-17-36(18-6-2)32(38)27-13-9-25(10-14-27)24-7-11-26(12-8-24)31(37)33-28-15-16-30(39-4)29(23-28)35-21-19-34(3)20-22-35/h7-16,23H,5-6,17-22H2,1-4H3,(H,33,37). The minimum Gasteiger partial charge on any atom is -0.495 e. The third-order valence-corrected chi connectivity index (χ3v) is 7.17. The third-order valence-electron chi connectivity index (χ3n) is 7.17. The fourth-order valence-corrected chi connectivity index (χ4v) is 4.92. The largest absolute Gasteiger partial charge is 0.495 e. The Bertz CT molecular complexity index is 1240. The molecule has 0 spiro atoms. The second-order valence-corrected chi connectivity index (χ2v) is 10.1. The van der Waals surface area contributed by atoms with E-state index >= 15 is 0 Å². The Balaban J connectivity index is 1.43. The molecule has 0 unspecified atom stereocenters. The number of benzene rings is 3. The second kappa shape index (κ2) is 13.3. The normalized spacial score (nSPS) is 13.7. The molecule has 3 aromatic carbocycles. The van der Waals surface area contributed by atoms with Gasteiger partial charge in [-0.1, -0.05) is 38.1 Å². The van der Waals surface area contributed by atoms with Crippen molar-refractivity contribution >= 4 is 23.2 Å². The van der Waals surface area contributed by atoms with Crippen molar-refractivity contribution in [2.24, 2.45) is 0 Å². The summed E-state index contributed by atoms with van der Waals surface area (Å²) in [7, 11) is 3.80. The molecule has 0 aromatic heterocycles. The average Bonchev–Trinajstić information content (AvgIpc) is 2.97. The predicted molar refractivity (Wildman–Crippen MR) is 159 cm³/mol. The number of amides is 2. The highest BCUT2D eigenvalue weighted by molar-refractivity contribution is 6.05. The van der Waals surface area contributed by atoms with Gasteiger partial charge in [0.25, 0.3) is 11.8 Å². The Morgan fingerprint density at radius 2 is 1.38 bits per heavy atom. The van der Waals surface area contributed by atoms with Gasteiger partial charge in [0.2, 0.25) is 0 Å². The molecule has 7 nitrogen and oxygen atoms in total. The first kappa shape index (κ1) is 28.2. The highest BCUT2D eigenvalue weighted by Gasteiger charge is 2.19. The van der Waals surface area contributed by atoms with Crippen LogP contribution < -0.4 is 15.0 Å². The molecule has 1 aliphatic rings. The van der Waals surface area contributed by atoms with Crippen LogP contribution in [0.2, 0.25) is 0 Å². The maximum atomic E-state index is 13.0. The number of nitrogens with zero attached hydrogens (tertiary/aromatic N) is 3. The summed E-state index contributed by atoms with van der Waals surface area (Å²) in [6.07, 6.45) is 1.89. The highest BCUT2D eigenvalue weighted by atomic mass is 16.5. The van der Waals surface area contributed by atoms with Crippen LogP contribution in [0.3, 0.4) is 0 Å². The predicted octanol–water partition coefficient (Wildman–Crippen LogP) is 5.63. The van der Waals surface area contributed by atoms with E-state index in [1.165, 1.54) is 0 Å². The van der Waals surface area contributed by atoms with E-state index < -0.39 is 0 Å². The quantitative estimate of drug-likeness (QED) is 0.370. The molecule has 3 aromatic rings. The number of piperazine rings is 1. The Morgan fingerprint density at radius 1 is 0.821 bits per heavy atom. The molecule has 0 atom stereocenters. The smallest absolute Gasteiger partial charge is 0.255 e. The van der Waals surface area contributed by atoms with Gasteiger partial charge in [-0.05, 0) is 73.5 Å². The van der Waals surface area contributed by atoms with Gasteiger partial charge in [-0.15, -0.1) is 0 Å². The Morgan fingerprint density at radius 3 is 1.92 bits per heavy atom. The number of nitrogens with one attached hydrogen (secondary N) is 1. The summed E-state index contributed by atoms with van der Waals surface area (Å²) in [5.74, 6) is 0.716. The zero-order valence-corrected chi connectivity index (χ0v) is 23.6. The number of rotatable bonds is 10. The van der Waals surface area contributed by atoms with Crippen molar-refractivity contribution in [3.8, 4) is 16.9 Å². The first-order valence-corrected chi connectivity index (χ1v) is 13.9. The van der Waals surface area contributed by atoms with Crippen LogP contribution in [-0.4, -0.2) is 75.0 Å². The van der Waals surface area contributed by atoms with E-state index in [1.807, 2.05) is 71.6 Å². The Labute approximate surface area is 232 Å². The van der Waals surface area contributed by atoms with E-state index in [9.17, 15) is 9.59 Å². The molecule has 1 fully saturated rings. The van der Waals surface area contributed by atoms with Crippen LogP contribution in [0.4, 0.5) is 11.4 Å². The SMILES string of the molecule is CCCN(CCC)C(=O)c1ccc(-c2ccc(C(=O)Nc3ccc(OC)c(N4CCN(C)CC4)c3)cc2)cc1. The minimum absolute atomic E-state index is 0.0755. The molecule has 0 bridgehead atoms. The van der Waals surface area contributed by atoms with E-state index in [0.717, 1.165) is 80.4 Å². The fraction of sp³-hybridized carbons (Fsp3) is 0.375. The Hall–Kier alpha value is -3.84. The van der Waals surface area contributed by atoms with Gasteiger partial charge in [-0.2, -0.15) is 0 Å². The Kier molecular flexibility index (Phi) is 9.60. The first-order chi connectivity index (χ1) is 18.9. The number of carbonyl (C=O) groups excluding carboxylic acids is 2. The molecule has 7 heteroatoms. The number of anilines is 2. The van der Waals surface area contributed by atoms with Crippen LogP contribution >= 0.6 is 0 Å². The van der Waals surface area contributed by atoms with Gasteiger partial charge >= 0.3 is 0 Å². The van der Waals surface area contributed by atoms with E-state index in [4.69, 9.17) is 4.74 Å². The molecule has 0 saturated carbocycles. The number of ether oxygens (including phenoxy) is 1. The molecule has 2 amide bonds. The number of methoxy groups -OCH3 is 1. The molecule has 4 rings (SSSR count). The highest BCUT2D eigenvalue weighted by Crippen LogP contribution is 2.32. The van der Waals surface area contributed by atoms with Gasteiger partial charge in [0.05, 0.1) is 12.8 Å². The fourth-order valence-electron chi connectivity index (χ4n) is 4.92. The molecule has 1 heterocycles. The molecule has 206 valence electrons. The van der Waals surface area contributed by atoms with Gasteiger partial charge in [0.15, 0.2) is 0 Å². The lowest BCUT2D eigenvalue weighted by atomic mass is 10.0. The van der Waals surface area contributed by atoms with Crippen LogP contribution in [0, 0.1) is 0 Å². The van der Waals surface area contributed by atoms with Gasteiger partial charge in [-0.25, -0.2) is 0 Å². The second-order valence-electron chi connectivity index (χ2n) is 10.1. The van der Waals surface area contributed by atoms with Crippen molar-refractivity contribution in [2.75, 3.05) is 63.6 Å². The van der Waals surface area contributed by atoms with E-state index in [2.05, 4.69) is 36.0 Å². The van der Waals surface area contributed by atoms with Gasteiger partial charge in [-0.3, -0.25) is 9.59 Å². The summed E-state index contributed by atoms with van der Waals surface area (Å²) in [5.41, 5.74) is 5.01. The lowest BCUT2D eigenvalue weighted by Gasteiger charge is -2.34. The van der Waals surface area contributed by atoms with Crippen molar-refractivity contribution in [1.29, 1.82) is 0 Å². The summed E-state index contributed by atoms with van der Waals surface area (Å²) in [4.78, 5) is 32.4. The maximum absolute atomic E-state index is 13.0. The lowest BCUT2D eigenvalue weighted by Crippen LogP contribution is -2.44. The monoisotopic (exact) mass is 528 g/mol. The van der Waals surface area contributed by atoms with E-state index in [0.29, 0.717) is 11.1 Å². The first-order valence-electron chi connectivity index (χ1n) is 13.9. The van der Waals surface area contributed by atoms with Crippen LogP contribution in [0.15, 0.2) is 66.7 Å². The molecule has 0 aliphatic carbocycles. The number of carbonyl (C=O) groups is 2. The summed E-state index contributed by atoms with van der Waals surface area (Å²) >= 11 is 0. The van der Waals surface area contributed by atoms with Crippen molar-refractivity contribution in [2.45, 2.75) is 26.7 Å². The lowest BCUT2D eigenvalue weighted by molar-refractivity contribution is 0.0755. The van der Waals surface area contributed by atoms with Crippen LogP contribution in [0.25, 0.3) is 11.1 Å². The van der Waals surface area contributed by atoms with E-state index in [-0.39, 0.29) is 11.8 Å². The molecular weight excluding hydrogens is 488 g/mol. The maximum Gasteiger partial charge on any atom is 0.255 e. The summed E-state index contributed by atoms with van der Waals surface area (Å²) < 4.78 is 5.59. The summed E-state index contributed by atoms with van der Waals surface area (Å²) in [6.45, 7) is 9.52. The molecular formula is C32H40N4O3. The summed E-state index contributed by atoms with van der Waals surface area (Å²) in [5, 5.41) is 3.03. The van der Waals surface area contributed by atoms with Gasteiger partial charge in [0.1, 0.15) is 5.75 Å². The minimum atomic E-state index is -0.163. The van der Waals surface area contributed by atoms with Crippen molar-refractivity contribution in [3.63, 3.8) is 0 Å². The zero-order valence-electron chi connectivity index (χ0n) is 23.6. The van der Waals surface area contributed by atoms with Crippen molar-refractivity contribution in [1.82, 2.24) is 9.80 Å². The number of hydrogen-bond donors (Lipinski definition) is 1. The van der Waals surface area contributed by atoms with Crippen LogP contribution in [-0.2, 0) is 0 Å². The molecule has 0 radical (unpaired) electrons. The molecule has 1 saturated heterocycles. The zero-order chi connectivity index (χ0) is 27.8. The van der Waals surface area contributed by atoms with Crippen LogP contribution in [0.5, 0.6) is 5.75 Å².